The summed E-state index contributed by atoms with van der Waals surface area (Å²) in [6.07, 6.45) is 0.598. The lowest BCUT2D eigenvalue weighted by atomic mass is 9.87. The second kappa shape index (κ2) is 4.04. The SMILES string of the molecule is FC1(F)CCC(c2nnc(CCl)o2)CC1. The minimum absolute atomic E-state index is 0.0332. The largest absolute Gasteiger partial charge is 0.424 e. The first-order valence-corrected chi connectivity index (χ1v) is 5.40. The number of rotatable bonds is 2. The van der Waals surface area contributed by atoms with Crippen LogP contribution < -0.4 is 0 Å². The highest BCUT2D eigenvalue weighted by Gasteiger charge is 2.37. The summed E-state index contributed by atoms with van der Waals surface area (Å²) in [6, 6.07) is 0. The highest BCUT2D eigenvalue weighted by molar-refractivity contribution is 6.16. The van der Waals surface area contributed by atoms with E-state index in [1.807, 2.05) is 0 Å². The van der Waals surface area contributed by atoms with Gasteiger partial charge in [-0.25, -0.2) is 8.78 Å². The van der Waals surface area contributed by atoms with E-state index in [1.165, 1.54) is 0 Å². The molecule has 6 heteroatoms. The van der Waals surface area contributed by atoms with Gasteiger partial charge in [0.1, 0.15) is 5.88 Å². The molecule has 2 rings (SSSR count). The van der Waals surface area contributed by atoms with E-state index in [4.69, 9.17) is 16.0 Å². The maximum Gasteiger partial charge on any atom is 0.248 e. The smallest absolute Gasteiger partial charge is 0.248 e. The van der Waals surface area contributed by atoms with Crippen LogP contribution >= 0.6 is 11.6 Å². The number of halogens is 3. The Bertz CT molecular complexity index is 333. The Labute approximate surface area is 90.8 Å². The molecule has 15 heavy (non-hydrogen) atoms. The first-order chi connectivity index (χ1) is 7.11. The molecule has 1 aliphatic rings. The van der Waals surface area contributed by atoms with Gasteiger partial charge in [-0.3, -0.25) is 0 Å². The van der Waals surface area contributed by atoms with E-state index in [2.05, 4.69) is 10.2 Å². The maximum absolute atomic E-state index is 12.9. The van der Waals surface area contributed by atoms with Crippen molar-refractivity contribution in [3.05, 3.63) is 11.8 Å². The second-order valence-corrected chi connectivity index (χ2v) is 4.07. The van der Waals surface area contributed by atoms with Crippen molar-refractivity contribution in [1.82, 2.24) is 10.2 Å². The zero-order valence-electron chi connectivity index (χ0n) is 8.05. The fraction of sp³-hybridized carbons (Fsp3) is 0.778. The van der Waals surface area contributed by atoms with Crippen molar-refractivity contribution in [3.8, 4) is 0 Å². The van der Waals surface area contributed by atoms with Gasteiger partial charge in [0.25, 0.3) is 0 Å². The Hall–Kier alpha value is -0.710. The van der Waals surface area contributed by atoms with Gasteiger partial charge < -0.3 is 4.42 Å². The Kier molecular flexibility index (Phi) is 2.91. The van der Waals surface area contributed by atoms with Crippen LogP contribution in [0.4, 0.5) is 8.78 Å². The van der Waals surface area contributed by atoms with Crippen molar-refractivity contribution in [2.75, 3.05) is 0 Å². The number of hydrogen-bond acceptors (Lipinski definition) is 3. The van der Waals surface area contributed by atoms with Gasteiger partial charge >= 0.3 is 0 Å². The van der Waals surface area contributed by atoms with Gasteiger partial charge in [0.05, 0.1) is 0 Å². The zero-order chi connectivity index (χ0) is 10.9. The molecule has 0 unspecified atom stereocenters. The van der Waals surface area contributed by atoms with Crippen LogP contribution in [0.1, 0.15) is 43.4 Å². The molecule has 3 nitrogen and oxygen atoms in total. The lowest BCUT2D eigenvalue weighted by Crippen LogP contribution is -2.23. The van der Waals surface area contributed by atoms with E-state index in [1.54, 1.807) is 0 Å². The van der Waals surface area contributed by atoms with E-state index in [-0.39, 0.29) is 24.6 Å². The maximum atomic E-state index is 12.9. The van der Waals surface area contributed by atoms with E-state index in [0.717, 1.165) is 0 Å². The van der Waals surface area contributed by atoms with Crippen LogP contribution in [0.25, 0.3) is 0 Å². The number of hydrogen-bond donors (Lipinski definition) is 0. The van der Waals surface area contributed by atoms with Gasteiger partial charge in [-0.1, -0.05) is 0 Å². The van der Waals surface area contributed by atoms with Crippen LogP contribution in [0.5, 0.6) is 0 Å². The van der Waals surface area contributed by atoms with E-state index >= 15 is 0 Å². The van der Waals surface area contributed by atoms with Gasteiger partial charge in [0, 0.05) is 18.8 Å². The van der Waals surface area contributed by atoms with Crippen molar-refractivity contribution in [3.63, 3.8) is 0 Å². The molecule has 0 aromatic carbocycles. The molecular formula is C9H11ClF2N2O. The monoisotopic (exact) mass is 236 g/mol. The number of nitrogens with zero attached hydrogens (tertiary/aromatic N) is 2. The molecule has 0 atom stereocenters. The normalized spacial score (nSPS) is 21.8. The lowest BCUT2D eigenvalue weighted by Gasteiger charge is -2.25. The summed E-state index contributed by atoms with van der Waals surface area (Å²) < 4.78 is 31.0. The molecule has 1 saturated carbocycles. The zero-order valence-corrected chi connectivity index (χ0v) is 8.81. The van der Waals surface area contributed by atoms with E-state index in [9.17, 15) is 8.78 Å². The average molecular weight is 237 g/mol. The summed E-state index contributed by atoms with van der Waals surface area (Å²) >= 11 is 5.51. The third-order valence-corrected chi connectivity index (χ3v) is 2.89. The third kappa shape index (κ3) is 2.45. The van der Waals surface area contributed by atoms with Gasteiger partial charge in [0.15, 0.2) is 0 Å². The number of aromatic nitrogens is 2. The predicted octanol–water partition coefficient (Wildman–Crippen LogP) is 3.10. The van der Waals surface area contributed by atoms with Crippen LogP contribution in [0.2, 0.25) is 0 Å². The second-order valence-electron chi connectivity index (χ2n) is 3.80. The van der Waals surface area contributed by atoms with Crippen molar-refractivity contribution in [2.45, 2.75) is 43.4 Å². The fourth-order valence-electron chi connectivity index (χ4n) is 1.77. The first kappa shape index (κ1) is 10.8. The molecule has 0 aliphatic heterocycles. The van der Waals surface area contributed by atoms with Crippen molar-refractivity contribution < 1.29 is 13.2 Å². The van der Waals surface area contributed by atoms with E-state index < -0.39 is 5.92 Å². The summed E-state index contributed by atoms with van der Waals surface area (Å²) in [4.78, 5) is 0. The van der Waals surface area contributed by atoms with Gasteiger partial charge in [0.2, 0.25) is 17.7 Å². The molecule has 1 aliphatic carbocycles. The molecule has 0 N–H and O–H groups in total. The molecule has 1 heterocycles. The minimum atomic E-state index is -2.52. The van der Waals surface area contributed by atoms with Crippen molar-refractivity contribution >= 4 is 11.6 Å². The molecule has 0 amide bonds. The first-order valence-electron chi connectivity index (χ1n) is 4.87. The Morgan fingerprint density at radius 1 is 1.33 bits per heavy atom. The highest BCUT2D eigenvalue weighted by Crippen LogP contribution is 2.40. The molecule has 84 valence electrons. The van der Waals surface area contributed by atoms with Crippen LogP contribution in [-0.4, -0.2) is 16.1 Å². The summed E-state index contributed by atoms with van der Waals surface area (Å²) in [7, 11) is 0. The molecule has 1 aromatic heterocycles. The van der Waals surface area contributed by atoms with Gasteiger partial charge in [-0.05, 0) is 12.8 Å². The third-order valence-electron chi connectivity index (χ3n) is 2.66. The molecular weight excluding hydrogens is 226 g/mol. The Morgan fingerprint density at radius 2 is 2.00 bits per heavy atom. The number of alkyl halides is 3. The molecule has 0 spiro atoms. The quantitative estimate of drug-likeness (QED) is 0.741. The van der Waals surface area contributed by atoms with Crippen molar-refractivity contribution in [1.29, 1.82) is 0 Å². The van der Waals surface area contributed by atoms with Crippen LogP contribution in [0.3, 0.4) is 0 Å². The summed E-state index contributed by atoms with van der Waals surface area (Å²) in [5, 5.41) is 7.52. The summed E-state index contributed by atoms with van der Waals surface area (Å²) in [5.41, 5.74) is 0. The van der Waals surface area contributed by atoms with Crippen LogP contribution in [0.15, 0.2) is 4.42 Å². The van der Waals surface area contributed by atoms with Crippen LogP contribution in [-0.2, 0) is 5.88 Å². The summed E-state index contributed by atoms with van der Waals surface area (Å²) in [6.45, 7) is 0. The molecule has 0 saturated heterocycles. The predicted molar refractivity (Wildman–Crippen MR) is 50.0 cm³/mol. The van der Waals surface area contributed by atoms with Gasteiger partial charge in [-0.15, -0.1) is 21.8 Å². The highest BCUT2D eigenvalue weighted by atomic mass is 35.5. The molecule has 0 bridgehead atoms. The topological polar surface area (TPSA) is 38.9 Å². The molecule has 1 fully saturated rings. The average Bonchev–Trinajstić information content (AvgIpc) is 2.66. The standard InChI is InChI=1S/C9H11ClF2N2O/c10-5-7-13-14-8(15-7)6-1-3-9(11,12)4-2-6/h6H,1-5H2. The lowest BCUT2D eigenvalue weighted by molar-refractivity contribution is -0.0399. The summed E-state index contributed by atoms with van der Waals surface area (Å²) in [5.74, 6) is -1.60. The van der Waals surface area contributed by atoms with Crippen molar-refractivity contribution in [2.24, 2.45) is 0 Å². The van der Waals surface area contributed by atoms with Gasteiger partial charge in [-0.2, -0.15) is 0 Å². The fourth-order valence-corrected chi connectivity index (χ4v) is 1.88. The Morgan fingerprint density at radius 3 is 2.53 bits per heavy atom. The molecule has 0 radical (unpaired) electrons. The van der Waals surface area contributed by atoms with E-state index in [0.29, 0.717) is 24.6 Å². The Balaban J connectivity index is 2.01. The minimum Gasteiger partial charge on any atom is -0.424 e. The van der Waals surface area contributed by atoms with Crippen LogP contribution in [0, 0.1) is 0 Å². The molecule has 1 aromatic rings.